The number of hydrogen-bond acceptors (Lipinski definition) is 4. The van der Waals surface area contributed by atoms with Gasteiger partial charge in [0, 0.05) is 18.6 Å². The summed E-state index contributed by atoms with van der Waals surface area (Å²) in [5.74, 6) is 0. The molecular formula is C12H12N4. The highest BCUT2D eigenvalue weighted by Gasteiger charge is 1.88. The van der Waals surface area contributed by atoms with E-state index in [1.165, 1.54) is 0 Å². The Morgan fingerprint density at radius 2 is 2.00 bits per heavy atom. The summed E-state index contributed by atoms with van der Waals surface area (Å²) < 4.78 is 0. The Labute approximate surface area is 94.1 Å². The predicted molar refractivity (Wildman–Crippen MR) is 62.9 cm³/mol. The molecule has 0 aromatic carbocycles. The van der Waals surface area contributed by atoms with Gasteiger partial charge in [0.25, 0.3) is 0 Å². The zero-order valence-electron chi connectivity index (χ0n) is 8.74. The lowest BCUT2D eigenvalue weighted by Crippen LogP contribution is -2.05. The van der Waals surface area contributed by atoms with Gasteiger partial charge in [-0.3, -0.25) is 9.97 Å². The molecule has 0 aliphatic rings. The second-order valence-corrected chi connectivity index (χ2v) is 3.20. The van der Waals surface area contributed by atoms with Crippen LogP contribution in [-0.4, -0.2) is 16.2 Å². The Balaban J connectivity index is 1.83. The molecule has 2 heterocycles. The summed E-state index contributed by atoms with van der Waals surface area (Å²) in [6.07, 6.45) is 6.96. The lowest BCUT2D eigenvalue weighted by Gasteiger charge is -1.99. The van der Waals surface area contributed by atoms with Gasteiger partial charge in [0.2, 0.25) is 0 Å². The number of hydrogen-bond donors (Lipinski definition) is 1. The molecule has 0 saturated heterocycles. The van der Waals surface area contributed by atoms with Crippen LogP contribution in [0.2, 0.25) is 0 Å². The Bertz CT molecular complexity index is 439. The molecule has 0 fully saturated rings. The minimum atomic E-state index is 0.686. The third-order valence-corrected chi connectivity index (χ3v) is 2.01. The van der Waals surface area contributed by atoms with Crippen molar-refractivity contribution in [3.8, 4) is 0 Å². The van der Waals surface area contributed by atoms with E-state index in [0.29, 0.717) is 6.54 Å². The van der Waals surface area contributed by atoms with Gasteiger partial charge in [-0.2, -0.15) is 5.10 Å². The maximum Gasteiger partial charge on any atom is 0.0830 e. The largest absolute Gasteiger partial charge is 0.306 e. The van der Waals surface area contributed by atoms with Gasteiger partial charge in [0.05, 0.1) is 18.5 Å². The summed E-state index contributed by atoms with van der Waals surface area (Å²) in [7, 11) is 0. The van der Waals surface area contributed by atoms with E-state index in [4.69, 9.17) is 0 Å². The van der Waals surface area contributed by atoms with E-state index in [9.17, 15) is 0 Å². The smallest absolute Gasteiger partial charge is 0.0830 e. The molecule has 16 heavy (non-hydrogen) atoms. The van der Waals surface area contributed by atoms with E-state index in [1.54, 1.807) is 24.8 Å². The number of pyridine rings is 2. The monoisotopic (exact) mass is 212 g/mol. The van der Waals surface area contributed by atoms with Gasteiger partial charge in [-0.1, -0.05) is 6.07 Å². The molecule has 0 bridgehead atoms. The number of aromatic nitrogens is 2. The quantitative estimate of drug-likeness (QED) is 0.618. The standard InChI is InChI=1S/C12H12N4/c1-2-6-14-12(3-1)10-16-15-9-11-4-7-13-8-5-11/h1-8,10,15H,9H2. The molecule has 1 N–H and O–H groups in total. The van der Waals surface area contributed by atoms with Crippen LogP contribution in [0.5, 0.6) is 0 Å². The zero-order valence-corrected chi connectivity index (χ0v) is 8.74. The number of nitrogens with one attached hydrogen (secondary N) is 1. The van der Waals surface area contributed by atoms with Gasteiger partial charge >= 0.3 is 0 Å². The van der Waals surface area contributed by atoms with Crippen molar-refractivity contribution in [2.75, 3.05) is 0 Å². The van der Waals surface area contributed by atoms with Gasteiger partial charge < -0.3 is 5.43 Å². The molecule has 0 saturated carbocycles. The summed E-state index contributed by atoms with van der Waals surface area (Å²) >= 11 is 0. The molecular weight excluding hydrogens is 200 g/mol. The fourth-order valence-corrected chi connectivity index (χ4v) is 1.20. The highest BCUT2D eigenvalue weighted by Crippen LogP contribution is 1.94. The van der Waals surface area contributed by atoms with Crippen molar-refractivity contribution in [3.63, 3.8) is 0 Å². The van der Waals surface area contributed by atoms with Gasteiger partial charge in [0.15, 0.2) is 0 Å². The van der Waals surface area contributed by atoms with Crippen LogP contribution in [0.1, 0.15) is 11.3 Å². The van der Waals surface area contributed by atoms with E-state index in [-0.39, 0.29) is 0 Å². The van der Waals surface area contributed by atoms with Crippen LogP contribution in [0.15, 0.2) is 54.0 Å². The van der Waals surface area contributed by atoms with E-state index in [1.807, 2.05) is 30.3 Å². The third kappa shape index (κ3) is 3.16. The minimum Gasteiger partial charge on any atom is -0.306 e. The molecule has 0 aliphatic heterocycles. The number of nitrogens with zero attached hydrogens (tertiary/aromatic N) is 3. The fourth-order valence-electron chi connectivity index (χ4n) is 1.20. The van der Waals surface area contributed by atoms with Crippen LogP contribution in [-0.2, 0) is 6.54 Å². The molecule has 0 radical (unpaired) electrons. The van der Waals surface area contributed by atoms with Crippen molar-refractivity contribution >= 4 is 6.21 Å². The molecule has 2 rings (SSSR count). The van der Waals surface area contributed by atoms with Crippen molar-refractivity contribution in [1.82, 2.24) is 15.4 Å². The van der Waals surface area contributed by atoms with Crippen molar-refractivity contribution in [1.29, 1.82) is 0 Å². The van der Waals surface area contributed by atoms with Crippen LogP contribution < -0.4 is 5.43 Å². The maximum absolute atomic E-state index is 4.12. The third-order valence-electron chi connectivity index (χ3n) is 2.01. The van der Waals surface area contributed by atoms with E-state index in [0.717, 1.165) is 11.3 Å². The van der Waals surface area contributed by atoms with Crippen LogP contribution in [0.4, 0.5) is 0 Å². The van der Waals surface area contributed by atoms with Crippen LogP contribution in [0.3, 0.4) is 0 Å². The molecule has 0 amide bonds. The number of hydrazone groups is 1. The lowest BCUT2D eigenvalue weighted by molar-refractivity contribution is 0.746. The topological polar surface area (TPSA) is 50.2 Å². The summed E-state index contributed by atoms with van der Waals surface area (Å²) in [5.41, 5.74) is 4.94. The summed E-state index contributed by atoms with van der Waals surface area (Å²) in [5, 5.41) is 4.08. The van der Waals surface area contributed by atoms with E-state index in [2.05, 4.69) is 20.5 Å². The highest BCUT2D eigenvalue weighted by molar-refractivity contribution is 5.76. The lowest BCUT2D eigenvalue weighted by atomic mass is 10.3. The molecule has 2 aromatic rings. The molecule has 4 heteroatoms. The molecule has 0 spiro atoms. The van der Waals surface area contributed by atoms with Gasteiger partial charge in [0.1, 0.15) is 0 Å². The minimum absolute atomic E-state index is 0.686. The Morgan fingerprint density at radius 1 is 1.12 bits per heavy atom. The average molecular weight is 212 g/mol. The molecule has 80 valence electrons. The van der Waals surface area contributed by atoms with Crippen LogP contribution in [0.25, 0.3) is 0 Å². The molecule has 2 aromatic heterocycles. The zero-order chi connectivity index (χ0) is 11.1. The first-order chi connectivity index (χ1) is 7.95. The first kappa shape index (κ1) is 10.3. The van der Waals surface area contributed by atoms with Crippen molar-refractivity contribution in [2.45, 2.75) is 6.54 Å². The van der Waals surface area contributed by atoms with Gasteiger partial charge in [-0.25, -0.2) is 0 Å². The second-order valence-electron chi connectivity index (χ2n) is 3.20. The van der Waals surface area contributed by atoms with Crippen molar-refractivity contribution < 1.29 is 0 Å². The molecule has 0 unspecified atom stereocenters. The van der Waals surface area contributed by atoms with E-state index >= 15 is 0 Å². The average Bonchev–Trinajstić information content (AvgIpc) is 2.37. The second kappa shape index (κ2) is 5.60. The first-order valence-electron chi connectivity index (χ1n) is 5.01. The maximum atomic E-state index is 4.12. The Hall–Kier alpha value is -2.23. The molecule has 0 aliphatic carbocycles. The van der Waals surface area contributed by atoms with Crippen LogP contribution >= 0.6 is 0 Å². The fraction of sp³-hybridized carbons (Fsp3) is 0.0833. The van der Waals surface area contributed by atoms with Gasteiger partial charge in [-0.15, -0.1) is 0 Å². The predicted octanol–water partition coefficient (Wildman–Crippen LogP) is 1.60. The molecule has 0 atom stereocenters. The van der Waals surface area contributed by atoms with E-state index < -0.39 is 0 Å². The highest BCUT2D eigenvalue weighted by atomic mass is 15.3. The number of rotatable bonds is 4. The van der Waals surface area contributed by atoms with Crippen molar-refractivity contribution in [2.24, 2.45) is 5.10 Å². The Morgan fingerprint density at radius 3 is 2.75 bits per heavy atom. The SMILES string of the molecule is C(=NNCc1ccncc1)c1ccccn1. The van der Waals surface area contributed by atoms with Gasteiger partial charge in [-0.05, 0) is 29.8 Å². The molecule has 4 nitrogen and oxygen atoms in total. The van der Waals surface area contributed by atoms with Crippen LogP contribution in [0, 0.1) is 0 Å². The summed E-state index contributed by atoms with van der Waals surface area (Å²) in [6.45, 7) is 0.686. The Kier molecular flexibility index (Phi) is 3.60. The summed E-state index contributed by atoms with van der Waals surface area (Å²) in [6, 6.07) is 9.60. The van der Waals surface area contributed by atoms with Crippen molar-refractivity contribution in [3.05, 3.63) is 60.2 Å². The normalized spacial score (nSPS) is 10.5. The first-order valence-corrected chi connectivity index (χ1v) is 5.01. The summed E-state index contributed by atoms with van der Waals surface area (Å²) in [4.78, 5) is 8.07.